The first-order valence-electron chi connectivity index (χ1n) is 7.12. The lowest BCUT2D eigenvalue weighted by Gasteiger charge is -2.38. The number of hydrazine groups is 1. The van der Waals surface area contributed by atoms with Gasteiger partial charge >= 0.3 is 0 Å². The first kappa shape index (κ1) is 16.6. The molecule has 0 saturated heterocycles. The smallest absolute Gasteiger partial charge is 0.188 e. The molecule has 1 aliphatic rings. The van der Waals surface area contributed by atoms with E-state index in [-0.39, 0.29) is 5.54 Å². The van der Waals surface area contributed by atoms with Gasteiger partial charge < -0.3 is 14.8 Å². The fourth-order valence-electron chi connectivity index (χ4n) is 2.47. The van der Waals surface area contributed by atoms with Crippen LogP contribution in [-0.2, 0) is 6.54 Å². The zero-order valence-electron chi connectivity index (χ0n) is 13.7. The Bertz CT molecular complexity index is 599. The number of nitrogens with one attached hydrogen (secondary N) is 2. The summed E-state index contributed by atoms with van der Waals surface area (Å²) >= 11 is 5.42. The molecule has 0 radical (unpaired) electrons. The molecular formula is C16H23N3O2S. The molecule has 22 heavy (non-hydrogen) atoms. The van der Waals surface area contributed by atoms with Crippen LogP contribution in [0.25, 0.3) is 0 Å². The van der Waals surface area contributed by atoms with Crippen LogP contribution in [0.1, 0.15) is 26.3 Å². The average molecular weight is 321 g/mol. The molecule has 5 nitrogen and oxygen atoms in total. The van der Waals surface area contributed by atoms with Gasteiger partial charge in [-0.2, -0.15) is 0 Å². The Morgan fingerprint density at radius 3 is 2.50 bits per heavy atom. The van der Waals surface area contributed by atoms with Crippen molar-refractivity contribution in [2.45, 2.75) is 32.9 Å². The van der Waals surface area contributed by atoms with Crippen molar-refractivity contribution in [3.05, 3.63) is 35.5 Å². The van der Waals surface area contributed by atoms with Gasteiger partial charge in [-0.1, -0.05) is 6.07 Å². The molecule has 2 N–H and O–H groups in total. The maximum absolute atomic E-state index is 5.42. The molecule has 120 valence electrons. The van der Waals surface area contributed by atoms with Crippen molar-refractivity contribution in [3.8, 4) is 11.5 Å². The van der Waals surface area contributed by atoms with Crippen molar-refractivity contribution in [2.24, 2.45) is 0 Å². The largest absolute Gasteiger partial charge is 0.493 e. The minimum Gasteiger partial charge on any atom is -0.493 e. The maximum atomic E-state index is 5.42. The highest BCUT2D eigenvalue weighted by molar-refractivity contribution is 7.80. The lowest BCUT2D eigenvalue weighted by Crippen LogP contribution is -2.56. The second kappa shape index (κ2) is 6.54. The predicted molar refractivity (Wildman–Crippen MR) is 91.8 cm³/mol. The highest BCUT2D eigenvalue weighted by Gasteiger charge is 2.26. The highest BCUT2D eigenvalue weighted by Crippen LogP contribution is 2.27. The maximum Gasteiger partial charge on any atom is 0.188 e. The van der Waals surface area contributed by atoms with Gasteiger partial charge in [0.15, 0.2) is 16.6 Å². The van der Waals surface area contributed by atoms with E-state index in [4.69, 9.17) is 21.7 Å². The Morgan fingerprint density at radius 1 is 1.23 bits per heavy atom. The first-order chi connectivity index (χ1) is 10.4. The number of thiocarbonyl (C=S) groups is 1. The van der Waals surface area contributed by atoms with Gasteiger partial charge in [0.05, 0.1) is 19.8 Å². The van der Waals surface area contributed by atoms with Gasteiger partial charge in [-0.3, -0.25) is 5.01 Å². The van der Waals surface area contributed by atoms with Crippen molar-refractivity contribution in [1.82, 2.24) is 15.8 Å². The Morgan fingerprint density at radius 2 is 1.91 bits per heavy atom. The van der Waals surface area contributed by atoms with Crippen molar-refractivity contribution >= 4 is 17.3 Å². The third-order valence-electron chi connectivity index (χ3n) is 3.44. The monoisotopic (exact) mass is 321 g/mol. The Hall–Kier alpha value is -1.79. The molecule has 1 aromatic rings. The molecule has 1 aromatic carbocycles. The van der Waals surface area contributed by atoms with Gasteiger partial charge in [0.1, 0.15) is 0 Å². The minimum atomic E-state index is -0.122. The molecule has 0 aromatic heterocycles. The summed E-state index contributed by atoms with van der Waals surface area (Å²) in [6, 6.07) is 5.85. The fraction of sp³-hybridized carbons (Fsp3) is 0.438. The zero-order chi connectivity index (χ0) is 16.3. The molecule has 0 bridgehead atoms. The van der Waals surface area contributed by atoms with Crippen LogP contribution in [-0.4, -0.2) is 29.9 Å². The molecule has 1 heterocycles. The van der Waals surface area contributed by atoms with E-state index in [1.165, 1.54) is 0 Å². The van der Waals surface area contributed by atoms with Crippen molar-refractivity contribution < 1.29 is 9.47 Å². The summed E-state index contributed by atoms with van der Waals surface area (Å²) in [6.45, 7) is 6.85. The summed E-state index contributed by atoms with van der Waals surface area (Å²) in [4.78, 5) is 0. The SMILES string of the molecule is COc1ccc(CNN2C(=S)NC(C)(C)C=C2C)cc1OC. The lowest BCUT2D eigenvalue weighted by atomic mass is 10.0. The van der Waals surface area contributed by atoms with E-state index in [0.29, 0.717) is 11.7 Å². The second-order valence-electron chi connectivity index (χ2n) is 5.80. The van der Waals surface area contributed by atoms with Crippen LogP contribution < -0.4 is 20.2 Å². The summed E-state index contributed by atoms with van der Waals surface area (Å²) in [6.07, 6.45) is 2.14. The second-order valence-corrected chi connectivity index (χ2v) is 6.18. The number of benzene rings is 1. The third-order valence-corrected chi connectivity index (χ3v) is 3.73. The lowest BCUT2D eigenvalue weighted by molar-refractivity contribution is 0.330. The van der Waals surface area contributed by atoms with Crippen LogP contribution in [0.3, 0.4) is 0 Å². The third kappa shape index (κ3) is 3.69. The summed E-state index contributed by atoms with van der Waals surface area (Å²) in [5.74, 6) is 1.44. The van der Waals surface area contributed by atoms with E-state index >= 15 is 0 Å². The molecule has 0 unspecified atom stereocenters. The molecule has 6 heteroatoms. The van der Waals surface area contributed by atoms with Gasteiger partial charge in [0.25, 0.3) is 0 Å². The fourth-order valence-corrected chi connectivity index (χ4v) is 2.94. The van der Waals surface area contributed by atoms with Gasteiger partial charge in [-0.15, -0.1) is 0 Å². The average Bonchev–Trinajstić information content (AvgIpc) is 2.44. The van der Waals surface area contributed by atoms with Gasteiger partial charge in [0.2, 0.25) is 0 Å². The van der Waals surface area contributed by atoms with Crippen LogP contribution in [0.5, 0.6) is 11.5 Å². The van der Waals surface area contributed by atoms with Crippen LogP contribution >= 0.6 is 12.2 Å². The molecule has 1 aliphatic heterocycles. The zero-order valence-corrected chi connectivity index (χ0v) is 14.5. The van der Waals surface area contributed by atoms with E-state index in [9.17, 15) is 0 Å². The molecule has 0 aliphatic carbocycles. The minimum absolute atomic E-state index is 0.122. The Kier molecular flexibility index (Phi) is 4.93. The van der Waals surface area contributed by atoms with Gasteiger partial charge in [-0.05, 0) is 56.8 Å². The summed E-state index contributed by atoms with van der Waals surface area (Å²) < 4.78 is 10.6. The van der Waals surface area contributed by atoms with Crippen molar-refractivity contribution in [2.75, 3.05) is 14.2 Å². The van der Waals surface area contributed by atoms with Crippen LogP contribution in [0.15, 0.2) is 30.0 Å². The number of allylic oxidation sites excluding steroid dienone is 1. The Balaban J connectivity index is 2.09. The van der Waals surface area contributed by atoms with E-state index in [1.807, 2.05) is 30.1 Å². The molecule has 0 amide bonds. The number of nitrogens with zero attached hydrogens (tertiary/aromatic N) is 1. The van der Waals surface area contributed by atoms with Crippen molar-refractivity contribution in [1.29, 1.82) is 0 Å². The van der Waals surface area contributed by atoms with E-state index in [1.54, 1.807) is 14.2 Å². The normalized spacial score (nSPS) is 16.9. The number of hydrogen-bond acceptors (Lipinski definition) is 4. The summed E-state index contributed by atoms with van der Waals surface area (Å²) in [5.41, 5.74) is 5.37. The molecule has 0 saturated carbocycles. The number of hydrogen-bond donors (Lipinski definition) is 2. The standard InChI is InChI=1S/C16H23N3O2S/c1-11-9-16(2,3)18-15(22)19(11)17-10-12-6-7-13(20-4)14(8-12)21-5/h6-9,17H,10H2,1-5H3,(H,18,22). The van der Waals surface area contributed by atoms with E-state index in [2.05, 4.69) is 30.7 Å². The van der Waals surface area contributed by atoms with Gasteiger partial charge in [-0.25, -0.2) is 5.43 Å². The quantitative estimate of drug-likeness (QED) is 0.813. The van der Waals surface area contributed by atoms with Crippen molar-refractivity contribution in [3.63, 3.8) is 0 Å². The molecule has 0 fully saturated rings. The molecule has 0 atom stereocenters. The highest BCUT2D eigenvalue weighted by atomic mass is 32.1. The molecular weight excluding hydrogens is 298 g/mol. The summed E-state index contributed by atoms with van der Waals surface area (Å²) in [5, 5.41) is 5.84. The first-order valence-corrected chi connectivity index (χ1v) is 7.53. The van der Waals surface area contributed by atoms with Crippen LogP contribution in [0, 0.1) is 0 Å². The van der Waals surface area contributed by atoms with Crippen LogP contribution in [0.2, 0.25) is 0 Å². The number of rotatable bonds is 5. The number of ether oxygens (including phenoxy) is 2. The molecule has 2 rings (SSSR count). The topological polar surface area (TPSA) is 45.8 Å². The van der Waals surface area contributed by atoms with E-state index in [0.717, 1.165) is 22.8 Å². The summed E-state index contributed by atoms with van der Waals surface area (Å²) in [7, 11) is 3.26. The van der Waals surface area contributed by atoms with Gasteiger partial charge in [0, 0.05) is 12.2 Å². The number of methoxy groups -OCH3 is 2. The van der Waals surface area contributed by atoms with Crippen LogP contribution in [0.4, 0.5) is 0 Å². The Labute approximate surface area is 137 Å². The van der Waals surface area contributed by atoms with E-state index < -0.39 is 0 Å². The molecule has 0 spiro atoms. The predicted octanol–water partition coefficient (Wildman–Crippen LogP) is 2.58.